The first kappa shape index (κ1) is 15.1. The molecule has 4 aliphatic rings. The Balaban J connectivity index is 1.52. The van der Waals surface area contributed by atoms with E-state index in [-0.39, 0.29) is 41.3 Å². The summed E-state index contributed by atoms with van der Waals surface area (Å²) in [6.07, 6.45) is 10.2. The molecule has 4 atom stereocenters. The second-order valence-corrected chi connectivity index (χ2v) is 7.60. The number of fused-ring (bicyclic) bond motifs is 5. The summed E-state index contributed by atoms with van der Waals surface area (Å²) in [5, 5.41) is 0. The monoisotopic (exact) mass is 337 g/mol. The van der Waals surface area contributed by atoms with Gasteiger partial charge in [-0.15, -0.1) is 0 Å². The lowest BCUT2D eigenvalue weighted by atomic mass is 9.85. The van der Waals surface area contributed by atoms with Crippen molar-refractivity contribution < 1.29 is 14.0 Å². The molecule has 0 N–H and O–H groups in total. The van der Waals surface area contributed by atoms with Crippen LogP contribution in [-0.2, 0) is 9.59 Å². The molecule has 3 fully saturated rings. The van der Waals surface area contributed by atoms with Crippen molar-refractivity contribution >= 4 is 17.5 Å². The van der Waals surface area contributed by atoms with Gasteiger partial charge in [-0.05, 0) is 49.9 Å². The number of hydrogen-bond donors (Lipinski definition) is 0. The largest absolute Gasteiger partial charge is 0.274 e. The van der Waals surface area contributed by atoms with E-state index in [0.717, 1.165) is 12.8 Å². The molecule has 1 heterocycles. The molecule has 2 bridgehead atoms. The van der Waals surface area contributed by atoms with Crippen LogP contribution in [0.4, 0.5) is 10.1 Å². The fourth-order valence-corrected chi connectivity index (χ4v) is 5.35. The molecular weight excluding hydrogens is 317 g/mol. The predicted molar refractivity (Wildman–Crippen MR) is 92.1 cm³/mol. The van der Waals surface area contributed by atoms with Gasteiger partial charge in [0.2, 0.25) is 11.8 Å². The van der Waals surface area contributed by atoms with Gasteiger partial charge in [0.25, 0.3) is 0 Å². The first-order valence-corrected chi connectivity index (χ1v) is 9.20. The van der Waals surface area contributed by atoms with Crippen LogP contribution in [0.25, 0.3) is 0 Å². The Morgan fingerprint density at radius 3 is 1.96 bits per heavy atom. The van der Waals surface area contributed by atoms with Crippen LogP contribution in [0.5, 0.6) is 0 Å². The van der Waals surface area contributed by atoms with Crippen molar-refractivity contribution in [2.45, 2.75) is 32.1 Å². The van der Waals surface area contributed by atoms with E-state index in [1.165, 1.54) is 59.6 Å². The fraction of sp³-hybridized carbons (Fsp3) is 0.429. The lowest BCUT2D eigenvalue weighted by molar-refractivity contribution is -0.122. The average Bonchev–Trinajstić information content (AvgIpc) is 3.27. The topological polar surface area (TPSA) is 37.4 Å². The molecule has 25 heavy (non-hydrogen) atoms. The first-order chi connectivity index (χ1) is 12.2. The minimum atomic E-state index is -0.367. The highest BCUT2D eigenvalue weighted by Crippen LogP contribution is 2.58. The molecule has 0 aromatic heterocycles. The van der Waals surface area contributed by atoms with Gasteiger partial charge in [0.1, 0.15) is 5.82 Å². The van der Waals surface area contributed by atoms with Crippen molar-refractivity contribution in [1.82, 2.24) is 0 Å². The van der Waals surface area contributed by atoms with Crippen LogP contribution in [0.3, 0.4) is 0 Å². The number of benzene rings is 1. The number of carbonyl (C=O) groups is 2. The van der Waals surface area contributed by atoms with E-state index in [9.17, 15) is 14.0 Å². The lowest BCUT2D eigenvalue weighted by Crippen LogP contribution is -2.33. The molecule has 1 saturated heterocycles. The Labute approximate surface area is 146 Å². The number of rotatable bonds is 1. The average molecular weight is 337 g/mol. The van der Waals surface area contributed by atoms with Crippen LogP contribution in [0.1, 0.15) is 32.1 Å². The summed E-state index contributed by atoms with van der Waals surface area (Å²) in [6.45, 7) is 0. The molecule has 3 aliphatic carbocycles. The number of amides is 2. The van der Waals surface area contributed by atoms with Crippen LogP contribution in [0.15, 0.2) is 47.6 Å². The third kappa shape index (κ3) is 2.03. The Morgan fingerprint density at radius 1 is 0.840 bits per heavy atom. The number of hydrogen-bond acceptors (Lipinski definition) is 2. The molecule has 5 rings (SSSR count). The van der Waals surface area contributed by atoms with Gasteiger partial charge < -0.3 is 0 Å². The third-order valence-electron chi connectivity index (χ3n) is 6.37. The molecule has 2 amide bonds. The maximum Gasteiger partial charge on any atom is 0.238 e. The van der Waals surface area contributed by atoms with Crippen LogP contribution in [0.2, 0.25) is 0 Å². The van der Waals surface area contributed by atoms with Crippen molar-refractivity contribution in [3.05, 3.63) is 53.4 Å². The van der Waals surface area contributed by atoms with Crippen LogP contribution >= 0.6 is 0 Å². The Morgan fingerprint density at radius 2 is 1.40 bits per heavy atom. The van der Waals surface area contributed by atoms with E-state index in [0.29, 0.717) is 5.69 Å². The summed E-state index contributed by atoms with van der Waals surface area (Å²) in [5.74, 6) is -0.960. The molecule has 3 nitrogen and oxygen atoms in total. The normalized spacial score (nSPS) is 33.6. The van der Waals surface area contributed by atoms with Crippen molar-refractivity contribution in [3.63, 3.8) is 0 Å². The van der Waals surface area contributed by atoms with Gasteiger partial charge in [-0.25, -0.2) is 9.29 Å². The van der Waals surface area contributed by atoms with Gasteiger partial charge in [0.15, 0.2) is 0 Å². The molecule has 0 spiro atoms. The summed E-state index contributed by atoms with van der Waals surface area (Å²) in [7, 11) is 0. The van der Waals surface area contributed by atoms with Crippen molar-refractivity contribution in [2.75, 3.05) is 4.90 Å². The van der Waals surface area contributed by atoms with Gasteiger partial charge in [-0.2, -0.15) is 0 Å². The van der Waals surface area contributed by atoms with E-state index >= 15 is 0 Å². The number of carbonyl (C=O) groups excluding carboxylic acids is 2. The zero-order valence-corrected chi connectivity index (χ0v) is 14.0. The number of nitrogens with zero attached hydrogens (tertiary/aromatic N) is 1. The maximum atomic E-state index is 13.2. The van der Waals surface area contributed by atoms with Gasteiger partial charge in [0, 0.05) is 11.8 Å². The van der Waals surface area contributed by atoms with E-state index in [1.54, 1.807) is 0 Å². The highest BCUT2D eigenvalue weighted by molar-refractivity contribution is 6.23. The van der Waals surface area contributed by atoms with Crippen molar-refractivity contribution in [1.29, 1.82) is 0 Å². The Hall–Kier alpha value is -2.23. The Bertz CT molecular complexity index is 781. The smallest absolute Gasteiger partial charge is 0.238 e. The summed E-state index contributed by atoms with van der Waals surface area (Å²) < 4.78 is 13.2. The van der Waals surface area contributed by atoms with Crippen LogP contribution < -0.4 is 4.90 Å². The zero-order chi connectivity index (χ0) is 17.1. The predicted octanol–water partition coefficient (Wildman–Crippen LogP) is 4.01. The minimum Gasteiger partial charge on any atom is -0.274 e. The lowest BCUT2D eigenvalue weighted by Gasteiger charge is -2.23. The molecule has 4 unspecified atom stereocenters. The maximum absolute atomic E-state index is 13.2. The molecular formula is C21H20FNO2. The van der Waals surface area contributed by atoms with Crippen LogP contribution in [-0.4, -0.2) is 11.8 Å². The fourth-order valence-electron chi connectivity index (χ4n) is 5.35. The van der Waals surface area contributed by atoms with Crippen molar-refractivity contribution in [3.8, 4) is 0 Å². The highest BCUT2D eigenvalue weighted by Gasteiger charge is 2.62. The molecule has 1 aliphatic heterocycles. The molecule has 0 radical (unpaired) electrons. The van der Waals surface area contributed by atoms with Gasteiger partial charge in [-0.3, -0.25) is 9.59 Å². The zero-order valence-electron chi connectivity index (χ0n) is 14.0. The third-order valence-corrected chi connectivity index (χ3v) is 6.37. The molecule has 2 saturated carbocycles. The number of halogens is 1. The highest BCUT2D eigenvalue weighted by atomic mass is 19.1. The Kier molecular flexibility index (Phi) is 3.24. The quantitative estimate of drug-likeness (QED) is 0.574. The molecule has 1 aromatic carbocycles. The second-order valence-electron chi connectivity index (χ2n) is 7.60. The minimum absolute atomic E-state index is 0.0880. The summed E-state index contributed by atoms with van der Waals surface area (Å²) in [4.78, 5) is 27.4. The van der Waals surface area contributed by atoms with Gasteiger partial charge in [0.05, 0.1) is 17.5 Å². The number of anilines is 1. The van der Waals surface area contributed by atoms with Gasteiger partial charge >= 0.3 is 0 Å². The summed E-state index contributed by atoms with van der Waals surface area (Å²) in [6, 6.07) is 5.63. The first-order valence-electron chi connectivity index (χ1n) is 9.20. The standard InChI is InChI=1S/C21H20FNO2/c22-13-6-8-14(9-7-13)23-20(24)18-15-10-11-16(19(18)21(23)25)17(15)12-4-2-1-3-5-12/h6-11,15-16,18-19H,1-5H2. The number of allylic oxidation sites excluding steroid dienone is 4. The van der Waals surface area contributed by atoms with E-state index in [1.807, 2.05) is 0 Å². The SMILES string of the molecule is O=C1C2C3C=CC(C3=C3CCCCC3)C2C(=O)N1c1ccc(F)cc1. The van der Waals surface area contributed by atoms with E-state index < -0.39 is 0 Å². The second kappa shape index (κ2) is 5.38. The van der Waals surface area contributed by atoms with Gasteiger partial charge in [-0.1, -0.05) is 29.7 Å². The molecule has 1 aromatic rings. The molecule has 128 valence electrons. The van der Waals surface area contributed by atoms with E-state index in [2.05, 4.69) is 12.2 Å². The number of imide groups is 1. The molecule has 4 heteroatoms. The van der Waals surface area contributed by atoms with E-state index in [4.69, 9.17) is 0 Å². The summed E-state index contributed by atoms with van der Waals surface area (Å²) in [5.41, 5.74) is 3.35. The summed E-state index contributed by atoms with van der Waals surface area (Å²) >= 11 is 0. The van der Waals surface area contributed by atoms with Crippen molar-refractivity contribution in [2.24, 2.45) is 23.7 Å². The van der Waals surface area contributed by atoms with Crippen LogP contribution in [0, 0.1) is 29.5 Å².